The van der Waals surface area contributed by atoms with E-state index in [0.29, 0.717) is 26.2 Å². The summed E-state index contributed by atoms with van der Waals surface area (Å²) in [4.78, 5) is 15.4. The van der Waals surface area contributed by atoms with Gasteiger partial charge < -0.3 is 15.4 Å². The molecule has 17 heavy (non-hydrogen) atoms. The fraction of sp³-hybridized carbons (Fsp3) is 0.500. The Hall–Kier alpha value is -1.46. The zero-order valence-corrected chi connectivity index (χ0v) is 10.3. The number of aryl methyl sites for hydroxylation is 1. The Labute approximate surface area is 102 Å². The van der Waals surface area contributed by atoms with Gasteiger partial charge in [0.15, 0.2) is 0 Å². The van der Waals surface area contributed by atoms with E-state index in [9.17, 15) is 4.79 Å². The number of nitrogens with zero attached hydrogens (tertiary/aromatic N) is 1. The zero-order valence-electron chi connectivity index (χ0n) is 10.3. The van der Waals surface area contributed by atoms with Gasteiger partial charge in [0.05, 0.1) is 13.2 Å². The fourth-order valence-corrected chi connectivity index (χ4v) is 1.37. The van der Waals surface area contributed by atoms with Crippen LogP contribution >= 0.6 is 0 Å². The van der Waals surface area contributed by atoms with Crippen molar-refractivity contribution in [2.45, 2.75) is 13.5 Å². The van der Waals surface area contributed by atoms with Crippen LogP contribution in [0.15, 0.2) is 18.5 Å². The molecular formula is C12H19N3O2. The minimum absolute atomic E-state index is 0.0197. The van der Waals surface area contributed by atoms with Crippen LogP contribution in [0.3, 0.4) is 0 Å². The molecule has 0 saturated heterocycles. The van der Waals surface area contributed by atoms with Crippen molar-refractivity contribution in [1.29, 1.82) is 0 Å². The highest BCUT2D eigenvalue weighted by Gasteiger charge is 2.01. The van der Waals surface area contributed by atoms with Gasteiger partial charge in [-0.15, -0.1) is 0 Å². The minimum Gasteiger partial charge on any atom is -0.383 e. The smallest absolute Gasteiger partial charge is 0.234 e. The summed E-state index contributed by atoms with van der Waals surface area (Å²) in [5, 5.41) is 5.83. The van der Waals surface area contributed by atoms with Crippen molar-refractivity contribution in [3.8, 4) is 0 Å². The van der Waals surface area contributed by atoms with Crippen molar-refractivity contribution in [3.63, 3.8) is 0 Å². The van der Waals surface area contributed by atoms with E-state index < -0.39 is 0 Å². The first kappa shape index (κ1) is 13.6. The van der Waals surface area contributed by atoms with Gasteiger partial charge in [0.25, 0.3) is 0 Å². The summed E-state index contributed by atoms with van der Waals surface area (Å²) in [6.07, 6.45) is 3.57. The highest BCUT2D eigenvalue weighted by molar-refractivity contribution is 5.77. The first-order valence-electron chi connectivity index (χ1n) is 5.60. The van der Waals surface area contributed by atoms with Crippen molar-refractivity contribution in [1.82, 2.24) is 15.6 Å². The Morgan fingerprint density at radius 2 is 2.35 bits per heavy atom. The molecule has 0 radical (unpaired) electrons. The van der Waals surface area contributed by atoms with Gasteiger partial charge in [-0.1, -0.05) is 0 Å². The van der Waals surface area contributed by atoms with Crippen LogP contribution in [0.4, 0.5) is 0 Å². The van der Waals surface area contributed by atoms with Crippen LogP contribution in [0.5, 0.6) is 0 Å². The normalized spacial score (nSPS) is 10.2. The van der Waals surface area contributed by atoms with Crippen molar-refractivity contribution in [3.05, 3.63) is 29.6 Å². The van der Waals surface area contributed by atoms with Crippen LogP contribution in [-0.4, -0.2) is 37.7 Å². The molecule has 0 aliphatic carbocycles. The fourth-order valence-electron chi connectivity index (χ4n) is 1.37. The van der Waals surface area contributed by atoms with Crippen LogP contribution in [-0.2, 0) is 16.1 Å². The molecule has 0 aliphatic rings. The molecule has 0 atom stereocenters. The molecule has 0 spiro atoms. The van der Waals surface area contributed by atoms with Gasteiger partial charge in [-0.25, -0.2) is 0 Å². The lowest BCUT2D eigenvalue weighted by Gasteiger charge is -2.07. The molecular weight excluding hydrogens is 218 g/mol. The van der Waals surface area contributed by atoms with Crippen molar-refractivity contribution in [2.75, 3.05) is 26.8 Å². The number of hydrogen-bond acceptors (Lipinski definition) is 4. The van der Waals surface area contributed by atoms with E-state index >= 15 is 0 Å². The van der Waals surface area contributed by atoms with Crippen molar-refractivity contribution >= 4 is 5.91 Å². The average molecular weight is 237 g/mol. The second-order valence-electron chi connectivity index (χ2n) is 3.75. The number of nitrogens with one attached hydrogen (secondary N) is 2. The van der Waals surface area contributed by atoms with Gasteiger partial charge in [0.1, 0.15) is 0 Å². The van der Waals surface area contributed by atoms with Crippen LogP contribution < -0.4 is 10.6 Å². The van der Waals surface area contributed by atoms with Crippen LogP contribution in [0.2, 0.25) is 0 Å². The van der Waals surface area contributed by atoms with Gasteiger partial charge in [0.2, 0.25) is 5.91 Å². The number of amides is 1. The SMILES string of the molecule is COCCNC(=O)CNCc1ccncc1C. The van der Waals surface area contributed by atoms with E-state index in [1.165, 1.54) is 0 Å². The molecule has 0 aliphatic heterocycles. The molecule has 1 rings (SSSR count). The lowest BCUT2D eigenvalue weighted by atomic mass is 10.1. The summed E-state index contributed by atoms with van der Waals surface area (Å²) >= 11 is 0. The summed E-state index contributed by atoms with van der Waals surface area (Å²) < 4.78 is 4.84. The molecule has 0 fully saturated rings. The molecule has 1 heterocycles. The molecule has 1 amide bonds. The number of pyridine rings is 1. The lowest BCUT2D eigenvalue weighted by molar-refractivity contribution is -0.120. The van der Waals surface area contributed by atoms with Crippen molar-refractivity contribution in [2.24, 2.45) is 0 Å². The molecule has 94 valence electrons. The number of carbonyl (C=O) groups excluding carboxylic acids is 1. The lowest BCUT2D eigenvalue weighted by Crippen LogP contribution is -2.35. The molecule has 5 heteroatoms. The van der Waals surface area contributed by atoms with Crippen LogP contribution in [0.25, 0.3) is 0 Å². The predicted molar refractivity (Wildman–Crippen MR) is 65.6 cm³/mol. The predicted octanol–water partition coefficient (Wildman–Crippen LogP) is 0.242. The molecule has 5 nitrogen and oxygen atoms in total. The number of aromatic nitrogens is 1. The third kappa shape index (κ3) is 5.42. The largest absolute Gasteiger partial charge is 0.383 e. The van der Waals surface area contributed by atoms with Crippen molar-refractivity contribution < 1.29 is 9.53 Å². The molecule has 0 unspecified atom stereocenters. The number of methoxy groups -OCH3 is 1. The zero-order chi connectivity index (χ0) is 12.5. The standard InChI is InChI=1S/C12H19N3O2/c1-10-7-13-4-3-11(10)8-14-9-12(16)15-5-6-17-2/h3-4,7,14H,5-6,8-9H2,1-2H3,(H,15,16). The maximum absolute atomic E-state index is 11.4. The Kier molecular flexibility index (Phi) is 6.21. The first-order valence-corrected chi connectivity index (χ1v) is 5.60. The van der Waals surface area contributed by atoms with Gasteiger partial charge in [-0.05, 0) is 24.1 Å². The summed E-state index contributed by atoms with van der Waals surface area (Å²) in [5.41, 5.74) is 2.28. The second-order valence-corrected chi connectivity index (χ2v) is 3.75. The molecule has 1 aromatic rings. The van der Waals surface area contributed by atoms with E-state index in [1.807, 2.05) is 19.2 Å². The molecule has 0 aromatic carbocycles. The monoisotopic (exact) mass is 237 g/mol. The Bertz CT molecular complexity index is 355. The maximum atomic E-state index is 11.4. The summed E-state index contributed by atoms with van der Waals surface area (Å²) in [6.45, 7) is 4.07. The number of carbonyl (C=O) groups is 1. The summed E-state index contributed by atoms with van der Waals surface area (Å²) in [7, 11) is 1.61. The van der Waals surface area contributed by atoms with Gasteiger partial charge in [-0.2, -0.15) is 0 Å². The third-order valence-electron chi connectivity index (χ3n) is 2.37. The number of ether oxygens (including phenoxy) is 1. The molecule has 0 saturated carbocycles. The van der Waals surface area contributed by atoms with Crippen LogP contribution in [0, 0.1) is 6.92 Å². The Balaban J connectivity index is 2.19. The third-order valence-corrected chi connectivity index (χ3v) is 2.37. The topological polar surface area (TPSA) is 63.2 Å². The first-order chi connectivity index (χ1) is 8.24. The maximum Gasteiger partial charge on any atom is 0.234 e. The highest BCUT2D eigenvalue weighted by atomic mass is 16.5. The molecule has 1 aromatic heterocycles. The Morgan fingerprint density at radius 3 is 3.06 bits per heavy atom. The second kappa shape index (κ2) is 7.76. The average Bonchev–Trinajstić information content (AvgIpc) is 2.32. The highest BCUT2D eigenvalue weighted by Crippen LogP contribution is 2.03. The van der Waals surface area contributed by atoms with Gasteiger partial charge in [0, 0.05) is 32.6 Å². The van der Waals surface area contributed by atoms with Gasteiger partial charge in [-0.3, -0.25) is 9.78 Å². The van der Waals surface area contributed by atoms with E-state index in [0.717, 1.165) is 11.1 Å². The minimum atomic E-state index is -0.0197. The van der Waals surface area contributed by atoms with Crippen LogP contribution in [0.1, 0.15) is 11.1 Å². The van der Waals surface area contributed by atoms with E-state index in [1.54, 1.807) is 13.3 Å². The summed E-state index contributed by atoms with van der Waals surface area (Å²) in [6, 6.07) is 1.95. The quantitative estimate of drug-likeness (QED) is 0.667. The molecule has 0 bridgehead atoms. The number of rotatable bonds is 7. The van der Waals surface area contributed by atoms with E-state index in [-0.39, 0.29) is 5.91 Å². The number of hydrogen-bond donors (Lipinski definition) is 2. The Morgan fingerprint density at radius 1 is 1.53 bits per heavy atom. The molecule has 2 N–H and O–H groups in total. The van der Waals surface area contributed by atoms with Gasteiger partial charge >= 0.3 is 0 Å². The summed E-state index contributed by atoms with van der Waals surface area (Å²) in [5.74, 6) is -0.0197. The van der Waals surface area contributed by atoms with E-state index in [4.69, 9.17) is 4.74 Å². The van der Waals surface area contributed by atoms with E-state index in [2.05, 4.69) is 15.6 Å².